The molecule has 0 amide bonds. The fourth-order valence-corrected chi connectivity index (χ4v) is 6.97. The molecule has 0 aromatic rings. The number of carbonyl (C=O) groups excluding carboxylic acids is 2. The van der Waals surface area contributed by atoms with Gasteiger partial charge in [-0.25, -0.2) is 4.79 Å². The molecule has 6 nitrogen and oxygen atoms in total. The Morgan fingerprint density at radius 1 is 1.32 bits per heavy atom. The Hall–Kier alpha value is -1.50. The molecule has 0 radical (unpaired) electrons. The minimum Gasteiger partial charge on any atom is -0.464 e. The third-order valence-corrected chi connectivity index (χ3v) is 8.28. The zero-order valence-corrected chi connectivity index (χ0v) is 16.7. The molecule has 0 aromatic carbocycles. The summed E-state index contributed by atoms with van der Waals surface area (Å²) in [5.41, 5.74) is -2.38. The Bertz CT molecular complexity index is 771. The Labute approximate surface area is 165 Å². The zero-order chi connectivity index (χ0) is 20.5. The van der Waals surface area contributed by atoms with Crippen LogP contribution in [0.25, 0.3) is 0 Å². The van der Waals surface area contributed by atoms with Gasteiger partial charge < -0.3 is 20.1 Å². The van der Waals surface area contributed by atoms with E-state index in [-0.39, 0.29) is 36.6 Å². The van der Waals surface area contributed by atoms with Gasteiger partial charge in [-0.15, -0.1) is 0 Å². The number of rotatable bonds is 2. The van der Waals surface area contributed by atoms with Crippen molar-refractivity contribution < 1.29 is 29.6 Å². The molecule has 3 saturated carbocycles. The lowest BCUT2D eigenvalue weighted by Crippen LogP contribution is -2.62. The van der Waals surface area contributed by atoms with E-state index in [0.717, 1.165) is 0 Å². The van der Waals surface area contributed by atoms with Crippen molar-refractivity contribution in [1.82, 2.24) is 0 Å². The monoisotopic (exact) mass is 390 g/mol. The molecule has 6 heteroatoms. The minimum atomic E-state index is -1.63. The Kier molecular flexibility index (Phi) is 4.42. The minimum absolute atomic E-state index is 0.0191. The molecule has 3 fully saturated rings. The first-order valence-corrected chi connectivity index (χ1v) is 10.3. The summed E-state index contributed by atoms with van der Waals surface area (Å²) < 4.78 is 5.18. The van der Waals surface area contributed by atoms with E-state index in [2.05, 4.69) is 0 Å². The molecule has 0 aromatic heterocycles. The molecule has 0 saturated heterocycles. The Morgan fingerprint density at radius 3 is 2.71 bits per heavy atom. The molecule has 0 aliphatic heterocycles. The average molecular weight is 390 g/mol. The maximum absolute atomic E-state index is 12.6. The molecule has 0 heterocycles. The second-order valence-electron chi connectivity index (χ2n) is 9.47. The molecule has 0 unspecified atom stereocenters. The van der Waals surface area contributed by atoms with Crippen molar-refractivity contribution in [2.45, 2.75) is 64.3 Å². The van der Waals surface area contributed by atoms with Gasteiger partial charge in [0, 0.05) is 16.7 Å². The van der Waals surface area contributed by atoms with Crippen LogP contribution >= 0.6 is 0 Å². The molecule has 28 heavy (non-hydrogen) atoms. The number of aliphatic hydroxyl groups excluding tert-OH is 2. The van der Waals surface area contributed by atoms with Crippen molar-refractivity contribution in [3.8, 4) is 0 Å². The summed E-state index contributed by atoms with van der Waals surface area (Å²) in [4.78, 5) is 24.5. The van der Waals surface area contributed by atoms with Crippen LogP contribution in [-0.2, 0) is 14.3 Å². The highest BCUT2D eigenvalue weighted by molar-refractivity contribution is 6.01. The third kappa shape index (κ3) is 2.37. The maximum atomic E-state index is 12.6. The molecular formula is C22H30O6. The number of hydrogen-bond donors (Lipinski definition) is 3. The summed E-state index contributed by atoms with van der Waals surface area (Å²) in [5.74, 6) is -1.01. The standard InChI is InChI=1S/C22H30O6/c1-4-28-19(26)22(27)8-6-14-13-10-16(24)15-9-12(23)5-7-20(15,2)18(13)17(25)11-21(14,22)3/h5,7,9,13-14,16-18,24-25,27H,4,6,8,10-11H2,1-3H3/t13-,14-,16+,17-,18+,20-,21-,22-/m0/s1. The summed E-state index contributed by atoms with van der Waals surface area (Å²) in [7, 11) is 0. The Balaban J connectivity index is 1.75. The molecule has 154 valence electrons. The molecular weight excluding hydrogens is 360 g/mol. The second-order valence-corrected chi connectivity index (χ2v) is 9.47. The summed E-state index contributed by atoms with van der Waals surface area (Å²) in [6, 6.07) is 0. The lowest BCUT2D eigenvalue weighted by atomic mass is 9.46. The molecule has 4 aliphatic carbocycles. The first-order chi connectivity index (χ1) is 13.1. The van der Waals surface area contributed by atoms with Gasteiger partial charge in [0.2, 0.25) is 0 Å². The fraction of sp³-hybridized carbons (Fsp3) is 0.727. The Morgan fingerprint density at radius 2 is 2.04 bits per heavy atom. The van der Waals surface area contributed by atoms with Crippen LogP contribution in [0.4, 0.5) is 0 Å². The van der Waals surface area contributed by atoms with Crippen LogP contribution in [0, 0.1) is 28.6 Å². The molecule has 8 atom stereocenters. The van der Waals surface area contributed by atoms with Crippen LogP contribution in [0.15, 0.2) is 23.8 Å². The van der Waals surface area contributed by atoms with Gasteiger partial charge in [0.05, 0.1) is 18.8 Å². The largest absolute Gasteiger partial charge is 0.464 e. The fourth-order valence-electron chi connectivity index (χ4n) is 6.97. The van der Waals surface area contributed by atoms with Gasteiger partial charge in [0.25, 0.3) is 0 Å². The van der Waals surface area contributed by atoms with Crippen molar-refractivity contribution >= 4 is 11.8 Å². The van der Waals surface area contributed by atoms with Gasteiger partial charge >= 0.3 is 5.97 Å². The van der Waals surface area contributed by atoms with Crippen LogP contribution in [0.3, 0.4) is 0 Å². The van der Waals surface area contributed by atoms with Crippen molar-refractivity contribution in [2.24, 2.45) is 28.6 Å². The van der Waals surface area contributed by atoms with E-state index in [1.54, 1.807) is 6.92 Å². The van der Waals surface area contributed by atoms with E-state index < -0.39 is 34.6 Å². The van der Waals surface area contributed by atoms with E-state index in [1.807, 2.05) is 19.9 Å². The SMILES string of the molecule is CCOC(=O)[C@@]1(O)CC[C@H]2[C@@H]3C[C@@H](O)C4=CC(=O)C=C[C@]4(C)[C@H]3[C@@H](O)C[C@@]21C. The summed E-state index contributed by atoms with van der Waals surface area (Å²) in [6.45, 7) is 5.76. The zero-order valence-electron chi connectivity index (χ0n) is 16.7. The van der Waals surface area contributed by atoms with Crippen molar-refractivity contribution in [1.29, 1.82) is 0 Å². The smallest absolute Gasteiger partial charge is 0.338 e. The van der Waals surface area contributed by atoms with Crippen LogP contribution < -0.4 is 0 Å². The number of ether oxygens (including phenoxy) is 1. The normalized spacial score (nSPS) is 49.7. The highest BCUT2D eigenvalue weighted by Gasteiger charge is 2.69. The summed E-state index contributed by atoms with van der Waals surface area (Å²) in [6.07, 6.45) is 4.96. The second kappa shape index (κ2) is 6.25. The van der Waals surface area contributed by atoms with Gasteiger partial charge in [-0.05, 0) is 62.2 Å². The average Bonchev–Trinajstić information content (AvgIpc) is 2.89. The van der Waals surface area contributed by atoms with Gasteiger partial charge in [-0.1, -0.05) is 19.9 Å². The molecule has 4 aliphatic rings. The molecule has 0 bridgehead atoms. The highest BCUT2D eigenvalue weighted by Crippen LogP contribution is 2.67. The van der Waals surface area contributed by atoms with Gasteiger partial charge in [-0.2, -0.15) is 0 Å². The number of aliphatic hydroxyl groups is 3. The lowest BCUT2D eigenvalue weighted by Gasteiger charge is -2.60. The topological polar surface area (TPSA) is 104 Å². The van der Waals surface area contributed by atoms with Crippen molar-refractivity contribution in [3.63, 3.8) is 0 Å². The third-order valence-electron chi connectivity index (χ3n) is 8.28. The van der Waals surface area contributed by atoms with Crippen LogP contribution in [0.5, 0.6) is 0 Å². The van der Waals surface area contributed by atoms with Crippen molar-refractivity contribution in [3.05, 3.63) is 23.8 Å². The van der Waals surface area contributed by atoms with E-state index in [9.17, 15) is 24.9 Å². The van der Waals surface area contributed by atoms with Crippen LogP contribution in [0.1, 0.15) is 46.5 Å². The van der Waals surface area contributed by atoms with E-state index >= 15 is 0 Å². The number of ketones is 1. The quantitative estimate of drug-likeness (QED) is 0.618. The van der Waals surface area contributed by atoms with Crippen LogP contribution in [0.2, 0.25) is 0 Å². The molecule has 4 rings (SSSR count). The molecule has 0 spiro atoms. The maximum Gasteiger partial charge on any atom is 0.338 e. The first-order valence-electron chi connectivity index (χ1n) is 10.3. The van der Waals surface area contributed by atoms with Crippen LogP contribution in [-0.4, -0.2) is 51.5 Å². The molecule has 3 N–H and O–H groups in total. The van der Waals surface area contributed by atoms with Crippen molar-refractivity contribution in [2.75, 3.05) is 6.61 Å². The number of carbonyl (C=O) groups is 2. The summed E-state index contributed by atoms with van der Waals surface area (Å²) in [5, 5.41) is 33.4. The van der Waals surface area contributed by atoms with E-state index in [1.165, 1.54) is 12.2 Å². The number of fused-ring (bicyclic) bond motifs is 5. The summed E-state index contributed by atoms with van der Waals surface area (Å²) >= 11 is 0. The predicted molar refractivity (Wildman–Crippen MR) is 101 cm³/mol. The van der Waals surface area contributed by atoms with Gasteiger partial charge in [0.15, 0.2) is 11.4 Å². The number of hydrogen-bond acceptors (Lipinski definition) is 6. The predicted octanol–water partition coefficient (Wildman–Crippen LogP) is 1.53. The number of esters is 1. The van der Waals surface area contributed by atoms with Gasteiger partial charge in [-0.3, -0.25) is 4.79 Å². The first kappa shape index (κ1) is 19.8. The lowest BCUT2D eigenvalue weighted by molar-refractivity contribution is -0.199. The number of allylic oxidation sites excluding steroid dienone is 3. The van der Waals surface area contributed by atoms with E-state index in [4.69, 9.17) is 4.74 Å². The highest BCUT2D eigenvalue weighted by atomic mass is 16.5. The van der Waals surface area contributed by atoms with E-state index in [0.29, 0.717) is 24.8 Å². The van der Waals surface area contributed by atoms with Gasteiger partial charge in [0.1, 0.15) is 0 Å².